The second-order valence-corrected chi connectivity index (χ2v) is 2.77. The first-order valence-corrected chi connectivity index (χ1v) is 3.91. The monoisotopic (exact) mass is 201 g/mol. The number of hydrogen-bond acceptors (Lipinski definition) is 3. The lowest BCUT2D eigenvalue weighted by molar-refractivity contribution is -0.136. The lowest BCUT2D eigenvalue weighted by atomic mass is 10.2. The van der Waals surface area contributed by atoms with Gasteiger partial charge in [-0.15, -0.1) is 0 Å². The lowest BCUT2D eigenvalue weighted by Gasteiger charge is -2.03. The molecule has 4 nitrogen and oxygen atoms in total. The van der Waals surface area contributed by atoms with Crippen molar-refractivity contribution in [2.45, 2.75) is 6.42 Å². The molecule has 0 aliphatic rings. The van der Waals surface area contributed by atoms with Gasteiger partial charge in [-0.25, -0.2) is 4.98 Å². The topological polar surface area (TPSA) is 59.4 Å². The van der Waals surface area contributed by atoms with Crippen molar-refractivity contribution in [3.8, 4) is 5.75 Å². The molecule has 0 amide bonds. The third kappa shape index (κ3) is 2.59. The Morgan fingerprint density at radius 2 is 2.46 bits per heavy atom. The summed E-state index contributed by atoms with van der Waals surface area (Å²) >= 11 is 5.65. The van der Waals surface area contributed by atoms with E-state index >= 15 is 0 Å². The van der Waals surface area contributed by atoms with Crippen LogP contribution in [0.4, 0.5) is 0 Å². The van der Waals surface area contributed by atoms with Gasteiger partial charge in [-0.05, 0) is 11.6 Å². The highest BCUT2D eigenvalue weighted by molar-refractivity contribution is 6.30. The largest absolute Gasteiger partial charge is 0.494 e. The van der Waals surface area contributed by atoms with E-state index in [2.05, 4.69) is 4.98 Å². The van der Waals surface area contributed by atoms with Crippen molar-refractivity contribution in [3.05, 3.63) is 23.0 Å². The van der Waals surface area contributed by atoms with Gasteiger partial charge in [0.15, 0.2) is 10.9 Å². The quantitative estimate of drug-likeness (QED) is 0.751. The molecule has 13 heavy (non-hydrogen) atoms. The van der Waals surface area contributed by atoms with Gasteiger partial charge in [0.05, 0.1) is 13.5 Å². The van der Waals surface area contributed by atoms with Gasteiger partial charge in [0.25, 0.3) is 0 Å². The highest BCUT2D eigenvalue weighted by Crippen LogP contribution is 2.22. The Hall–Kier alpha value is -1.29. The standard InChI is InChI=1S/C8H8ClNO3/c1-13-6-2-5(3-7(11)12)4-10-8(6)9/h2,4H,3H2,1H3,(H,11,12). The zero-order valence-electron chi connectivity index (χ0n) is 6.95. The first-order valence-electron chi connectivity index (χ1n) is 3.53. The maximum Gasteiger partial charge on any atom is 0.307 e. The van der Waals surface area contributed by atoms with E-state index in [1.165, 1.54) is 13.3 Å². The molecule has 0 fully saturated rings. The summed E-state index contributed by atoms with van der Waals surface area (Å²) in [7, 11) is 1.45. The molecule has 0 aromatic carbocycles. The minimum absolute atomic E-state index is 0.0828. The van der Waals surface area contributed by atoms with Crippen LogP contribution in [-0.2, 0) is 11.2 Å². The van der Waals surface area contributed by atoms with Crippen LogP contribution < -0.4 is 4.74 Å². The van der Waals surface area contributed by atoms with Crippen molar-refractivity contribution in [1.82, 2.24) is 4.98 Å². The van der Waals surface area contributed by atoms with Gasteiger partial charge in [0.1, 0.15) is 0 Å². The van der Waals surface area contributed by atoms with Gasteiger partial charge in [-0.2, -0.15) is 0 Å². The molecule has 1 heterocycles. The van der Waals surface area contributed by atoms with Crippen LogP contribution in [0.5, 0.6) is 5.75 Å². The fraction of sp³-hybridized carbons (Fsp3) is 0.250. The van der Waals surface area contributed by atoms with Crippen molar-refractivity contribution < 1.29 is 14.6 Å². The van der Waals surface area contributed by atoms with E-state index in [0.717, 1.165) is 0 Å². The molecule has 0 aliphatic carbocycles. The van der Waals surface area contributed by atoms with E-state index in [4.69, 9.17) is 21.4 Å². The Balaban J connectivity index is 2.92. The molecule has 0 saturated heterocycles. The fourth-order valence-corrected chi connectivity index (χ4v) is 1.06. The van der Waals surface area contributed by atoms with E-state index < -0.39 is 5.97 Å². The molecule has 0 radical (unpaired) electrons. The summed E-state index contributed by atoms with van der Waals surface area (Å²) in [5.74, 6) is -0.522. The minimum atomic E-state index is -0.911. The Morgan fingerprint density at radius 1 is 1.77 bits per heavy atom. The zero-order valence-corrected chi connectivity index (χ0v) is 7.71. The molecular weight excluding hydrogens is 194 g/mol. The lowest BCUT2D eigenvalue weighted by Crippen LogP contribution is -2.01. The highest BCUT2D eigenvalue weighted by atomic mass is 35.5. The number of carboxylic acid groups (broad SMARTS) is 1. The first kappa shape index (κ1) is 9.80. The molecule has 0 unspecified atom stereocenters. The smallest absolute Gasteiger partial charge is 0.307 e. The molecule has 1 rings (SSSR count). The number of nitrogens with zero attached hydrogens (tertiary/aromatic N) is 1. The Labute approximate surface area is 80.1 Å². The Bertz CT molecular complexity index is 327. The maximum atomic E-state index is 10.4. The van der Waals surface area contributed by atoms with Crippen molar-refractivity contribution in [2.24, 2.45) is 0 Å². The van der Waals surface area contributed by atoms with Gasteiger partial charge >= 0.3 is 5.97 Å². The number of halogens is 1. The first-order chi connectivity index (χ1) is 6.13. The number of aromatic nitrogens is 1. The number of methoxy groups -OCH3 is 1. The second kappa shape index (κ2) is 4.09. The van der Waals surface area contributed by atoms with Gasteiger partial charge in [-0.1, -0.05) is 11.6 Å². The van der Waals surface area contributed by atoms with E-state index in [9.17, 15) is 4.79 Å². The Morgan fingerprint density at radius 3 is 3.00 bits per heavy atom. The molecule has 1 aromatic heterocycles. The average molecular weight is 202 g/mol. The second-order valence-electron chi connectivity index (χ2n) is 2.41. The normalized spacial score (nSPS) is 9.69. The van der Waals surface area contributed by atoms with Crippen molar-refractivity contribution in [3.63, 3.8) is 0 Å². The van der Waals surface area contributed by atoms with Crippen molar-refractivity contribution >= 4 is 17.6 Å². The van der Waals surface area contributed by atoms with E-state index in [1.807, 2.05) is 0 Å². The van der Waals surface area contributed by atoms with Crippen LogP contribution in [-0.4, -0.2) is 23.2 Å². The van der Waals surface area contributed by atoms with E-state index in [1.54, 1.807) is 6.07 Å². The predicted octanol–water partition coefficient (Wildman–Crippen LogP) is 1.37. The molecule has 0 atom stereocenters. The van der Waals surface area contributed by atoms with Crippen LogP contribution in [0.2, 0.25) is 5.15 Å². The number of rotatable bonds is 3. The summed E-state index contributed by atoms with van der Waals surface area (Å²) in [4.78, 5) is 14.1. The Kier molecular flexibility index (Phi) is 3.08. The summed E-state index contributed by atoms with van der Waals surface area (Å²) in [6.45, 7) is 0. The van der Waals surface area contributed by atoms with Crippen LogP contribution in [0, 0.1) is 0 Å². The molecule has 1 N–H and O–H groups in total. The third-order valence-corrected chi connectivity index (χ3v) is 1.72. The molecule has 70 valence electrons. The van der Waals surface area contributed by atoms with Gasteiger partial charge in [0.2, 0.25) is 0 Å². The summed E-state index contributed by atoms with van der Waals surface area (Å²) in [5, 5.41) is 8.73. The van der Waals surface area contributed by atoms with Crippen molar-refractivity contribution in [2.75, 3.05) is 7.11 Å². The molecule has 0 spiro atoms. The molecule has 5 heteroatoms. The molecule has 1 aromatic rings. The van der Waals surface area contributed by atoms with Crippen LogP contribution in [0.1, 0.15) is 5.56 Å². The third-order valence-electron chi connectivity index (χ3n) is 1.44. The maximum absolute atomic E-state index is 10.4. The number of hydrogen-bond donors (Lipinski definition) is 1. The molecular formula is C8H8ClNO3. The van der Waals surface area contributed by atoms with Crippen LogP contribution in [0.25, 0.3) is 0 Å². The zero-order chi connectivity index (χ0) is 9.84. The molecule has 0 aliphatic heterocycles. The van der Waals surface area contributed by atoms with Crippen LogP contribution in [0.3, 0.4) is 0 Å². The van der Waals surface area contributed by atoms with E-state index in [0.29, 0.717) is 11.3 Å². The van der Waals surface area contributed by atoms with Crippen LogP contribution >= 0.6 is 11.6 Å². The predicted molar refractivity (Wildman–Crippen MR) is 47.1 cm³/mol. The minimum Gasteiger partial charge on any atom is -0.494 e. The summed E-state index contributed by atoms with van der Waals surface area (Å²) in [6, 6.07) is 1.56. The molecule has 0 bridgehead atoms. The fourth-order valence-electron chi connectivity index (χ4n) is 0.883. The molecule has 0 saturated carbocycles. The number of aliphatic carboxylic acids is 1. The summed E-state index contributed by atoms with van der Waals surface area (Å²) in [6.07, 6.45) is 1.33. The number of pyridine rings is 1. The van der Waals surface area contributed by atoms with Gasteiger partial charge in [-0.3, -0.25) is 4.79 Å². The highest BCUT2D eigenvalue weighted by Gasteiger charge is 2.05. The number of carboxylic acids is 1. The van der Waals surface area contributed by atoms with Crippen LogP contribution in [0.15, 0.2) is 12.3 Å². The van der Waals surface area contributed by atoms with Gasteiger partial charge in [0, 0.05) is 6.20 Å². The average Bonchev–Trinajstić information content (AvgIpc) is 2.07. The van der Waals surface area contributed by atoms with E-state index in [-0.39, 0.29) is 11.6 Å². The van der Waals surface area contributed by atoms with Crippen molar-refractivity contribution in [1.29, 1.82) is 0 Å². The number of ether oxygens (including phenoxy) is 1. The summed E-state index contributed by atoms with van der Waals surface area (Å²) in [5.41, 5.74) is 0.564. The number of carbonyl (C=O) groups is 1. The SMILES string of the molecule is COc1cc(CC(=O)O)cnc1Cl. The summed E-state index contributed by atoms with van der Waals surface area (Å²) < 4.78 is 4.88. The van der Waals surface area contributed by atoms with Gasteiger partial charge < -0.3 is 9.84 Å².